The maximum atomic E-state index is 14.2. The summed E-state index contributed by atoms with van der Waals surface area (Å²) in [4.78, 5) is 29.2. The van der Waals surface area contributed by atoms with Crippen LogP contribution >= 0.6 is 15.9 Å². The van der Waals surface area contributed by atoms with Crippen LogP contribution in [0.25, 0.3) is 0 Å². The summed E-state index contributed by atoms with van der Waals surface area (Å²) < 4.78 is 30.1. The molecule has 0 saturated carbocycles. The van der Waals surface area contributed by atoms with Gasteiger partial charge in [0.15, 0.2) is 0 Å². The highest BCUT2D eigenvalue weighted by Crippen LogP contribution is 2.26. The smallest absolute Gasteiger partial charge is 0.304 e. The van der Waals surface area contributed by atoms with Crippen molar-refractivity contribution in [2.75, 3.05) is 31.5 Å². The van der Waals surface area contributed by atoms with Crippen LogP contribution in [0, 0.1) is 13.8 Å². The first-order valence-corrected chi connectivity index (χ1v) is 15.3. The topological polar surface area (TPSA) is 90.0 Å². The van der Waals surface area contributed by atoms with E-state index in [0.29, 0.717) is 17.8 Å². The van der Waals surface area contributed by atoms with Crippen molar-refractivity contribution < 1.29 is 18.0 Å². The van der Waals surface area contributed by atoms with Crippen molar-refractivity contribution in [2.24, 2.45) is 0 Å². The molecule has 0 saturated heterocycles. The van der Waals surface area contributed by atoms with Gasteiger partial charge in [-0.05, 0) is 61.2 Å². The molecule has 0 radical (unpaired) electrons. The van der Waals surface area contributed by atoms with Gasteiger partial charge in [-0.1, -0.05) is 70.5 Å². The maximum absolute atomic E-state index is 14.2. The highest BCUT2D eigenvalue weighted by Gasteiger charge is 2.35. The number of nitrogens with one attached hydrogen (secondary N) is 1. The first-order chi connectivity index (χ1) is 18.9. The summed E-state index contributed by atoms with van der Waals surface area (Å²) in [5.74, 6) is -0.790. The molecule has 0 aliphatic carbocycles. The van der Waals surface area contributed by atoms with Gasteiger partial charge >= 0.3 is 10.2 Å². The zero-order valence-corrected chi connectivity index (χ0v) is 26.0. The number of aryl methyl sites for hydroxylation is 2. The lowest BCUT2D eigenvalue weighted by Gasteiger charge is -2.34. The van der Waals surface area contributed by atoms with E-state index in [9.17, 15) is 18.0 Å². The largest absolute Gasteiger partial charge is 0.355 e. The molecule has 0 fully saturated rings. The number of likely N-dealkylation sites (N-methyl/N-ethyl adjacent to an activating group) is 1. The highest BCUT2D eigenvalue weighted by atomic mass is 79.9. The van der Waals surface area contributed by atoms with Crippen LogP contribution in [-0.2, 0) is 32.8 Å². The van der Waals surface area contributed by atoms with Crippen molar-refractivity contribution in [3.63, 3.8) is 0 Å². The second kappa shape index (κ2) is 13.9. The van der Waals surface area contributed by atoms with Crippen LogP contribution in [0.4, 0.5) is 5.69 Å². The van der Waals surface area contributed by atoms with Crippen molar-refractivity contribution in [3.05, 3.63) is 99.5 Å². The number of hydrogen-bond donors (Lipinski definition) is 1. The van der Waals surface area contributed by atoms with E-state index >= 15 is 0 Å². The normalized spacial score (nSPS) is 12.2. The van der Waals surface area contributed by atoms with Gasteiger partial charge in [0.25, 0.3) is 0 Å². The number of rotatable bonds is 12. The monoisotopic (exact) mass is 628 g/mol. The fourth-order valence-electron chi connectivity index (χ4n) is 4.37. The van der Waals surface area contributed by atoms with Crippen molar-refractivity contribution in [1.29, 1.82) is 0 Å². The van der Waals surface area contributed by atoms with Crippen molar-refractivity contribution in [2.45, 2.75) is 39.8 Å². The number of benzene rings is 3. The molecule has 10 heteroatoms. The van der Waals surface area contributed by atoms with Crippen LogP contribution in [0.15, 0.2) is 77.3 Å². The third-order valence-electron chi connectivity index (χ3n) is 6.52. The van der Waals surface area contributed by atoms with Gasteiger partial charge in [0.2, 0.25) is 11.8 Å². The van der Waals surface area contributed by atoms with Gasteiger partial charge in [0.05, 0.1) is 5.69 Å². The average molecular weight is 630 g/mol. The Kier molecular flexibility index (Phi) is 10.9. The number of hydrogen-bond acceptors (Lipinski definition) is 4. The van der Waals surface area contributed by atoms with Crippen LogP contribution in [0.5, 0.6) is 0 Å². The lowest BCUT2D eigenvalue weighted by Crippen LogP contribution is -2.54. The molecule has 0 spiro atoms. The van der Waals surface area contributed by atoms with E-state index in [1.807, 2.05) is 87.5 Å². The predicted octanol–water partition coefficient (Wildman–Crippen LogP) is 4.45. The van der Waals surface area contributed by atoms with E-state index in [2.05, 4.69) is 21.2 Å². The highest BCUT2D eigenvalue weighted by molar-refractivity contribution is 9.10. The van der Waals surface area contributed by atoms with E-state index in [1.54, 1.807) is 6.07 Å². The molecule has 3 aromatic carbocycles. The molecule has 3 rings (SSSR count). The summed E-state index contributed by atoms with van der Waals surface area (Å²) in [6.45, 7) is 5.55. The lowest BCUT2D eigenvalue weighted by molar-refractivity contribution is -0.140. The number of amides is 2. The van der Waals surface area contributed by atoms with Crippen molar-refractivity contribution >= 4 is 43.6 Å². The van der Waals surface area contributed by atoms with E-state index < -0.39 is 28.7 Å². The number of nitrogens with zero attached hydrogens (tertiary/aromatic N) is 3. The fraction of sp³-hybridized carbons (Fsp3) is 0.333. The summed E-state index contributed by atoms with van der Waals surface area (Å²) in [5.41, 5.74) is 3.69. The SMILES string of the molecule is CCNC(=O)[C@H](Cc1ccccc1)N(Cc1cccc(Br)c1)C(=O)CN(c1cc(C)ccc1C)S(=O)(=O)N(C)C. The van der Waals surface area contributed by atoms with E-state index in [4.69, 9.17) is 0 Å². The minimum atomic E-state index is -4.04. The molecule has 1 N–H and O–H groups in total. The van der Waals surface area contributed by atoms with E-state index in [-0.39, 0.29) is 18.9 Å². The van der Waals surface area contributed by atoms with Crippen LogP contribution in [0.1, 0.15) is 29.2 Å². The summed E-state index contributed by atoms with van der Waals surface area (Å²) in [7, 11) is -1.17. The Balaban J connectivity index is 2.11. The second-order valence-corrected chi connectivity index (χ2v) is 12.8. The molecular weight excluding hydrogens is 592 g/mol. The molecule has 0 heterocycles. The number of carbonyl (C=O) groups excluding carboxylic acids is 2. The van der Waals surface area contributed by atoms with Crippen molar-refractivity contribution in [1.82, 2.24) is 14.5 Å². The summed E-state index contributed by atoms with van der Waals surface area (Å²) >= 11 is 3.49. The zero-order valence-electron chi connectivity index (χ0n) is 23.6. The number of carbonyl (C=O) groups is 2. The standard InChI is InChI=1S/C30H37BrN4O4S/c1-6-32-30(37)28(19-24-11-8-7-9-12-24)34(20-25-13-10-14-26(31)18-25)29(36)21-35(40(38,39)33(4)5)27-17-22(2)15-16-23(27)3/h7-18,28H,6,19-21H2,1-5H3,(H,32,37)/t28-/m0/s1. The molecule has 8 nitrogen and oxygen atoms in total. The van der Waals surface area contributed by atoms with Crippen LogP contribution < -0.4 is 9.62 Å². The number of halogens is 1. The molecule has 3 aromatic rings. The molecule has 214 valence electrons. The number of anilines is 1. The minimum Gasteiger partial charge on any atom is -0.355 e. The molecule has 0 aliphatic heterocycles. The van der Waals surface area contributed by atoms with Crippen molar-refractivity contribution in [3.8, 4) is 0 Å². The minimum absolute atomic E-state index is 0.121. The molecule has 40 heavy (non-hydrogen) atoms. The van der Waals surface area contributed by atoms with E-state index in [0.717, 1.165) is 29.8 Å². The van der Waals surface area contributed by atoms with Gasteiger partial charge in [-0.15, -0.1) is 0 Å². The van der Waals surface area contributed by atoms with Gasteiger partial charge in [-0.25, -0.2) is 4.31 Å². The Morgan fingerprint density at radius 1 is 0.925 bits per heavy atom. The quantitative estimate of drug-likeness (QED) is 0.321. The molecule has 2 amide bonds. The third-order valence-corrected chi connectivity index (χ3v) is 8.82. The van der Waals surface area contributed by atoms with Gasteiger partial charge in [-0.2, -0.15) is 12.7 Å². The van der Waals surface area contributed by atoms with Crippen LogP contribution in [-0.4, -0.2) is 62.7 Å². The Hall–Kier alpha value is -3.21. The molecular formula is C30H37BrN4O4S. The Morgan fingerprint density at radius 3 is 2.23 bits per heavy atom. The summed E-state index contributed by atoms with van der Waals surface area (Å²) in [6.07, 6.45) is 0.274. The van der Waals surface area contributed by atoms with Gasteiger partial charge in [0.1, 0.15) is 12.6 Å². The van der Waals surface area contributed by atoms with E-state index in [1.165, 1.54) is 19.0 Å². The Morgan fingerprint density at radius 2 is 1.60 bits per heavy atom. The molecule has 0 aliphatic rings. The Bertz CT molecular complexity index is 1430. The van der Waals surface area contributed by atoms with Gasteiger partial charge in [-0.3, -0.25) is 9.59 Å². The second-order valence-electron chi connectivity index (χ2n) is 9.84. The van der Waals surface area contributed by atoms with Gasteiger partial charge < -0.3 is 10.2 Å². The summed E-state index contributed by atoms with van der Waals surface area (Å²) in [6, 6.07) is 21.6. The molecule has 0 aromatic heterocycles. The fourth-order valence-corrected chi connectivity index (χ4v) is 5.93. The van der Waals surface area contributed by atoms with Gasteiger partial charge in [0, 0.05) is 38.1 Å². The molecule has 0 bridgehead atoms. The maximum Gasteiger partial charge on any atom is 0.304 e. The molecule has 0 unspecified atom stereocenters. The predicted molar refractivity (Wildman–Crippen MR) is 163 cm³/mol. The molecule has 1 atom stereocenters. The average Bonchev–Trinajstić information content (AvgIpc) is 2.91. The first kappa shape index (κ1) is 31.3. The Labute approximate surface area is 246 Å². The summed E-state index contributed by atoms with van der Waals surface area (Å²) in [5, 5.41) is 2.87. The third kappa shape index (κ3) is 7.93. The lowest BCUT2D eigenvalue weighted by atomic mass is 10.0. The first-order valence-electron chi connectivity index (χ1n) is 13.1. The van der Waals surface area contributed by atoms with Crippen LogP contribution in [0.2, 0.25) is 0 Å². The van der Waals surface area contributed by atoms with Crippen LogP contribution in [0.3, 0.4) is 0 Å². The zero-order chi connectivity index (χ0) is 29.4.